The fourth-order valence-electron chi connectivity index (χ4n) is 1.68. The van der Waals surface area contributed by atoms with Crippen LogP contribution in [0.5, 0.6) is 0 Å². The van der Waals surface area contributed by atoms with Gasteiger partial charge in [-0.25, -0.2) is 0 Å². The fraction of sp³-hybridized carbons (Fsp3) is 0.308. The van der Waals surface area contributed by atoms with Gasteiger partial charge in [0.2, 0.25) is 11.0 Å². The van der Waals surface area contributed by atoms with E-state index in [4.69, 9.17) is 0 Å². The van der Waals surface area contributed by atoms with Crippen LogP contribution in [-0.2, 0) is 11.2 Å². The number of hydrogen-bond donors (Lipinski definition) is 1. The van der Waals surface area contributed by atoms with Gasteiger partial charge in [-0.2, -0.15) is 0 Å². The summed E-state index contributed by atoms with van der Waals surface area (Å²) in [4.78, 5) is 22.4. The third kappa shape index (κ3) is 4.50. The molecule has 1 aromatic carbocycles. The highest BCUT2D eigenvalue weighted by molar-refractivity contribution is 8.01. The molecule has 0 unspecified atom stereocenters. The molecule has 0 aliphatic carbocycles. The molecule has 1 N–H and O–H groups in total. The highest BCUT2D eigenvalue weighted by Gasteiger charge is 2.16. The fourth-order valence-corrected chi connectivity index (χ4v) is 3.68. The van der Waals surface area contributed by atoms with Gasteiger partial charge in [0.25, 0.3) is 5.69 Å². The Morgan fingerprint density at radius 1 is 1.41 bits per heavy atom. The van der Waals surface area contributed by atoms with Gasteiger partial charge in [0.1, 0.15) is 0 Å². The number of nitro benzene ring substituents is 1. The van der Waals surface area contributed by atoms with Crippen LogP contribution in [0, 0.1) is 10.1 Å². The standard InChI is InChI=1S/C13H14N4O3S2/c1-8(2)21-13-16-15-12(22-13)14-11(18)7-9-5-3-4-6-10(9)17(19)20/h3-6,8H,7H2,1-2H3,(H,14,15,18). The number of amides is 1. The summed E-state index contributed by atoms with van der Waals surface area (Å²) in [5, 5.41) is 22.2. The molecule has 9 heteroatoms. The van der Waals surface area contributed by atoms with E-state index in [0.29, 0.717) is 15.9 Å². The average molecular weight is 338 g/mol. The molecule has 0 bridgehead atoms. The molecule has 0 aliphatic rings. The molecular weight excluding hydrogens is 324 g/mol. The Balaban J connectivity index is 2.01. The van der Waals surface area contributed by atoms with E-state index >= 15 is 0 Å². The Hall–Kier alpha value is -2.00. The first-order valence-corrected chi connectivity index (χ1v) is 8.17. The van der Waals surface area contributed by atoms with E-state index in [0.717, 1.165) is 4.34 Å². The minimum absolute atomic E-state index is 0.0639. The Morgan fingerprint density at radius 3 is 2.82 bits per heavy atom. The van der Waals surface area contributed by atoms with Gasteiger partial charge in [-0.3, -0.25) is 14.9 Å². The molecular formula is C13H14N4O3S2. The van der Waals surface area contributed by atoms with Crippen LogP contribution in [0.25, 0.3) is 0 Å². The summed E-state index contributed by atoms with van der Waals surface area (Å²) >= 11 is 2.85. The normalized spacial score (nSPS) is 10.7. The number of hydrogen-bond acceptors (Lipinski definition) is 7. The predicted molar refractivity (Wildman–Crippen MR) is 86.3 cm³/mol. The summed E-state index contributed by atoms with van der Waals surface area (Å²) in [5.41, 5.74) is 0.303. The van der Waals surface area contributed by atoms with Crippen molar-refractivity contribution in [3.05, 3.63) is 39.9 Å². The molecule has 0 saturated carbocycles. The van der Waals surface area contributed by atoms with Crippen molar-refractivity contribution in [2.24, 2.45) is 0 Å². The van der Waals surface area contributed by atoms with Crippen LogP contribution in [0.4, 0.5) is 10.8 Å². The summed E-state index contributed by atoms with van der Waals surface area (Å²) in [6.45, 7) is 4.08. The lowest BCUT2D eigenvalue weighted by Crippen LogP contribution is -2.15. The van der Waals surface area contributed by atoms with E-state index in [-0.39, 0.29) is 18.0 Å². The SMILES string of the molecule is CC(C)Sc1nnc(NC(=O)Cc2ccccc2[N+](=O)[O-])s1. The summed E-state index contributed by atoms with van der Waals surface area (Å²) in [6, 6.07) is 6.18. The van der Waals surface area contributed by atoms with Crippen molar-refractivity contribution >= 4 is 39.8 Å². The smallest absolute Gasteiger partial charge is 0.273 e. The van der Waals surface area contributed by atoms with Gasteiger partial charge < -0.3 is 5.32 Å². The quantitative estimate of drug-likeness (QED) is 0.376. The molecule has 7 nitrogen and oxygen atoms in total. The van der Waals surface area contributed by atoms with E-state index in [9.17, 15) is 14.9 Å². The second kappa shape index (κ2) is 7.32. The number of benzene rings is 1. The van der Waals surface area contributed by atoms with Crippen LogP contribution in [-0.4, -0.2) is 26.3 Å². The largest absolute Gasteiger partial charge is 0.300 e. The molecule has 0 aliphatic heterocycles. The Morgan fingerprint density at radius 2 is 2.14 bits per heavy atom. The third-order valence-corrected chi connectivity index (χ3v) is 4.46. The number of carbonyl (C=O) groups is 1. The first kappa shape index (κ1) is 16.4. The predicted octanol–water partition coefficient (Wildman–Crippen LogP) is 3.13. The maximum atomic E-state index is 12.0. The topological polar surface area (TPSA) is 98.0 Å². The van der Waals surface area contributed by atoms with Crippen molar-refractivity contribution in [2.75, 3.05) is 5.32 Å². The van der Waals surface area contributed by atoms with E-state index in [1.807, 2.05) is 13.8 Å². The number of thioether (sulfide) groups is 1. The Kier molecular flexibility index (Phi) is 5.45. The van der Waals surface area contributed by atoms with E-state index in [1.54, 1.807) is 30.0 Å². The monoisotopic (exact) mass is 338 g/mol. The number of carbonyl (C=O) groups excluding carboxylic acids is 1. The van der Waals surface area contributed by atoms with Crippen LogP contribution in [0.3, 0.4) is 0 Å². The van der Waals surface area contributed by atoms with Gasteiger partial charge in [-0.05, 0) is 0 Å². The molecule has 2 aromatic rings. The van der Waals surface area contributed by atoms with Crippen molar-refractivity contribution in [3.63, 3.8) is 0 Å². The van der Waals surface area contributed by atoms with Crippen molar-refractivity contribution in [3.8, 4) is 0 Å². The lowest BCUT2D eigenvalue weighted by molar-refractivity contribution is -0.385. The number of aromatic nitrogens is 2. The Bertz CT molecular complexity index is 687. The number of para-hydroxylation sites is 1. The molecule has 116 valence electrons. The highest BCUT2D eigenvalue weighted by atomic mass is 32.2. The number of nitro groups is 1. The number of rotatable bonds is 6. The van der Waals surface area contributed by atoms with Crippen molar-refractivity contribution in [1.82, 2.24) is 10.2 Å². The van der Waals surface area contributed by atoms with Crippen LogP contribution in [0.2, 0.25) is 0 Å². The molecule has 2 rings (SSSR count). The molecule has 0 atom stereocenters. The van der Waals surface area contributed by atoms with Crippen molar-refractivity contribution in [2.45, 2.75) is 29.9 Å². The van der Waals surface area contributed by atoms with Gasteiger partial charge in [-0.15, -0.1) is 10.2 Å². The van der Waals surface area contributed by atoms with Crippen LogP contribution >= 0.6 is 23.1 Å². The Labute approximate surface area is 135 Å². The van der Waals surface area contributed by atoms with Gasteiger partial charge in [-0.1, -0.05) is 55.1 Å². The summed E-state index contributed by atoms with van der Waals surface area (Å²) in [5.74, 6) is -0.355. The molecule has 1 aromatic heterocycles. The van der Waals surface area contributed by atoms with Crippen molar-refractivity contribution < 1.29 is 9.72 Å². The minimum atomic E-state index is -0.495. The molecule has 0 radical (unpaired) electrons. The average Bonchev–Trinajstić information content (AvgIpc) is 2.85. The first-order valence-electron chi connectivity index (χ1n) is 6.48. The lowest BCUT2D eigenvalue weighted by Gasteiger charge is -2.02. The minimum Gasteiger partial charge on any atom is -0.300 e. The number of nitrogens with zero attached hydrogens (tertiary/aromatic N) is 3. The van der Waals surface area contributed by atoms with Crippen LogP contribution < -0.4 is 5.32 Å². The zero-order valence-corrected chi connectivity index (χ0v) is 13.6. The molecule has 22 heavy (non-hydrogen) atoms. The maximum Gasteiger partial charge on any atom is 0.273 e. The van der Waals surface area contributed by atoms with Crippen molar-refractivity contribution in [1.29, 1.82) is 0 Å². The molecule has 0 spiro atoms. The zero-order chi connectivity index (χ0) is 16.1. The van der Waals surface area contributed by atoms with Crippen LogP contribution in [0.1, 0.15) is 19.4 Å². The second-order valence-corrected chi connectivity index (χ2v) is 7.45. The lowest BCUT2D eigenvalue weighted by atomic mass is 10.1. The molecule has 1 heterocycles. The van der Waals surface area contributed by atoms with Crippen LogP contribution in [0.15, 0.2) is 28.6 Å². The number of nitrogens with one attached hydrogen (secondary N) is 1. The summed E-state index contributed by atoms with van der Waals surface area (Å²) < 4.78 is 0.774. The van der Waals surface area contributed by atoms with Gasteiger partial charge in [0.05, 0.1) is 11.3 Å². The summed E-state index contributed by atoms with van der Waals surface area (Å²) in [6.07, 6.45) is -0.0800. The highest BCUT2D eigenvalue weighted by Crippen LogP contribution is 2.28. The van der Waals surface area contributed by atoms with E-state index in [2.05, 4.69) is 15.5 Å². The first-order chi connectivity index (χ1) is 10.5. The second-order valence-electron chi connectivity index (χ2n) is 4.65. The molecule has 0 fully saturated rings. The molecule has 1 amide bonds. The molecule has 0 saturated heterocycles. The summed E-state index contributed by atoms with van der Waals surface area (Å²) in [7, 11) is 0. The van der Waals surface area contributed by atoms with E-state index < -0.39 is 4.92 Å². The zero-order valence-electron chi connectivity index (χ0n) is 12.0. The number of anilines is 1. The van der Waals surface area contributed by atoms with Gasteiger partial charge in [0, 0.05) is 16.9 Å². The van der Waals surface area contributed by atoms with E-state index in [1.165, 1.54) is 17.4 Å². The van der Waals surface area contributed by atoms with Gasteiger partial charge in [0.15, 0.2) is 4.34 Å². The maximum absolute atomic E-state index is 12.0. The third-order valence-electron chi connectivity index (χ3n) is 2.53. The van der Waals surface area contributed by atoms with Gasteiger partial charge >= 0.3 is 0 Å².